The Labute approximate surface area is 305 Å². The molecule has 0 spiro atoms. The first kappa shape index (κ1) is 42.5. The fourth-order valence-electron chi connectivity index (χ4n) is 6.49. The zero-order valence-corrected chi connectivity index (χ0v) is 29.3. The van der Waals surface area contributed by atoms with Gasteiger partial charge < -0.3 is 18.9 Å². The summed E-state index contributed by atoms with van der Waals surface area (Å²) in [6.45, 7) is -0.135. The van der Waals surface area contributed by atoms with Gasteiger partial charge in [0.1, 0.15) is 23.2 Å². The third kappa shape index (κ3) is 10.3. The molecule has 3 saturated carbocycles. The second-order valence-electron chi connectivity index (χ2n) is 12.9. The van der Waals surface area contributed by atoms with Gasteiger partial charge in [-0.1, -0.05) is 0 Å². The normalized spacial score (nSPS) is 20.6. The fraction of sp³-hybridized carbons (Fsp3) is 0.556. The van der Waals surface area contributed by atoms with Crippen molar-refractivity contribution in [2.45, 2.75) is 64.1 Å². The summed E-state index contributed by atoms with van der Waals surface area (Å²) >= 11 is 0. The van der Waals surface area contributed by atoms with Gasteiger partial charge in [0.15, 0.2) is 34.7 Å². The number of hydrogen-bond donors (Lipinski definition) is 0. The molecule has 0 amide bonds. The SMILES string of the molecule is COCCOCc1nc(C(F)(F)F)ccc1C(=O)C1C(=O)C2CCC(C2)C1=O.COCCOCc1nc(C(F)(F)F)ccc1C(=O)C1C(=O)CCCC1=O. The van der Waals surface area contributed by atoms with Crippen LogP contribution in [0.4, 0.5) is 26.3 Å². The Bertz CT molecular complexity index is 1710. The first-order chi connectivity index (χ1) is 25.5. The highest BCUT2D eigenvalue weighted by molar-refractivity contribution is 6.27. The van der Waals surface area contributed by atoms with E-state index in [0.29, 0.717) is 37.8 Å². The Balaban J connectivity index is 0.000000241. The summed E-state index contributed by atoms with van der Waals surface area (Å²) in [6.07, 6.45) is -7.24. The first-order valence-electron chi connectivity index (χ1n) is 17.0. The number of rotatable bonds is 14. The Morgan fingerprint density at radius 3 is 1.44 bits per heavy atom. The van der Waals surface area contributed by atoms with Crippen molar-refractivity contribution in [2.75, 3.05) is 40.6 Å². The van der Waals surface area contributed by atoms with E-state index in [2.05, 4.69) is 9.97 Å². The Morgan fingerprint density at radius 1 is 0.648 bits per heavy atom. The van der Waals surface area contributed by atoms with Crippen molar-refractivity contribution in [3.63, 3.8) is 0 Å². The molecule has 2 atom stereocenters. The summed E-state index contributed by atoms with van der Waals surface area (Å²) in [7, 11) is 2.87. The number of ether oxygens (including phenoxy) is 4. The summed E-state index contributed by atoms with van der Waals surface area (Å²) in [6, 6.07) is 3.26. The van der Waals surface area contributed by atoms with Gasteiger partial charge in [-0.25, -0.2) is 9.97 Å². The highest BCUT2D eigenvalue weighted by Crippen LogP contribution is 2.42. The average molecular weight is 773 g/mol. The van der Waals surface area contributed by atoms with Crippen molar-refractivity contribution in [3.05, 3.63) is 58.2 Å². The fourth-order valence-corrected chi connectivity index (χ4v) is 6.49. The predicted octanol–water partition coefficient (Wildman–Crippen LogP) is 5.01. The van der Waals surface area contributed by atoms with E-state index in [-0.39, 0.29) is 86.8 Å². The molecule has 0 radical (unpaired) electrons. The van der Waals surface area contributed by atoms with Crippen LogP contribution in [0.3, 0.4) is 0 Å². The smallest absolute Gasteiger partial charge is 0.382 e. The molecule has 0 N–H and O–H groups in total. The molecule has 12 nitrogen and oxygen atoms in total. The van der Waals surface area contributed by atoms with Gasteiger partial charge in [-0.15, -0.1) is 0 Å². The molecule has 3 aliphatic carbocycles. The van der Waals surface area contributed by atoms with Crippen molar-refractivity contribution >= 4 is 34.7 Å². The monoisotopic (exact) mass is 772 g/mol. The molecule has 3 aliphatic rings. The molecule has 0 aromatic carbocycles. The van der Waals surface area contributed by atoms with Crippen LogP contribution in [0.2, 0.25) is 0 Å². The lowest BCUT2D eigenvalue weighted by molar-refractivity contribution is -0.142. The van der Waals surface area contributed by atoms with Crippen LogP contribution < -0.4 is 0 Å². The van der Waals surface area contributed by atoms with Crippen LogP contribution in [-0.2, 0) is 63.7 Å². The zero-order chi connectivity index (χ0) is 39.8. The molecule has 2 aromatic rings. The standard InChI is InChI=1S/C19H20F3NO5.C17H18F3NO5/c1-27-6-7-28-9-13-12(4-5-14(23-13)19(20,21)22)18(26)15-16(24)10-2-3-11(8-10)17(15)25;1-25-7-8-26-9-11-10(5-6-14(21-11)17(18,19)20)16(24)15-12(22)3-2-4-13(15)23/h4-5,10-11,15H,2-3,6-9H2,1H3;5-6,15H,2-4,7-9H2,1H3. The van der Waals surface area contributed by atoms with Crippen LogP contribution in [0.15, 0.2) is 24.3 Å². The minimum Gasteiger partial charge on any atom is -0.382 e. The summed E-state index contributed by atoms with van der Waals surface area (Å²) in [5.74, 6) is -7.12. The predicted molar refractivity (Wildman–Crippen MR) is 172 cm³/mol. The zero-order valence-electron chi connectivity index (χ0n) is 29.3. The van der Waals surface area contributed by atoms with Crippen molar-refractivity contribution in [2.24, 2.45) is 23.7 Å². The van der Waals surface area contributed by atoms with E-state index in [9.17, 15) is 55.1 Å². The molecule has 2 heterocycles. The number of methoxy groups -OCH3 is 2. The second kappa shape index (κ2) is 18.4. The maximum Gasteiger partial charge on any atom is 0.433 e. The molecule has 294 valence electrons. The Morgan fingerprint density at radius 2 is 1.06 bits per heavy atom. The lowest BCUT2D eigenvalue weighted by Gasteiger charge is -2.25. The van der Waals surface area contributed by atoms with Gasteiger partial charge in [0.2, 0.25) is 0 Å². The van der Waals surface area contributed by atoms with Gasteiger partial charge >= 0.3 is 12.4 Å². The molecule has 2 aromatic heterocycles. The lowest BCUT2D eigenvalue weighted by Crippen LogP contribution is -2.42. The van der Waals surface area contributed by atoms with Crippen LogP contribution >= 0.6 is 0 Å². The largest absolute Gasteiger partial charge is 0.433 e. The minimum absolute atomic E-state index is 0.0867. The van der Waals surface area contributed by atoms with Crippen LogP contribution in [0.25, 0.3) is 0 Å². The van der Waals surface area contributed by atoms with Crippen LogP contribution in [0.5, 0.6) is 0 Å². The maximum absolute atomic E-state index is 13.0. The number of carbonyl (C=O) groups excluding carboxylic acids is 6. The van der Waals surface area contributed by atoms with E-state index in [1.54, 1.807) is 0 Å². The van der Waals surface area contributed by atoms with E-state index in [1.807, 2.05) is 0 Å². The number of hydrogen-bond acceptors (Lipinski definition) is 12. The quantitative estimate of drug-likeness (QED) is 0.109. The number of carbonyl (C=O) groups is 6. The van der Waals surface area contributed by atoms with E-state index in [1.165, 1.54) is 14.2 Å². The number of aromatic nitrogens is 2. The summed E-state index contributed by atoms with van der Waals surface area (Å²) < 4.78 is 97.8. The second-order valence-corrected chi connectivity index (χ2v) is 12.9. The van der Waals surface area contributed by atoms with E-state index in [0.717, 1.165) is 12.1 Å². The summed E-state index contributed by atoms with van der Waals surface area (Å²) in [5.41, 5.74) is -3.24. The van der Waals surface area contributed by atoms with Crippen molar-refractivity contribution in [3.8, 4) is 0 Å². The topological polar surface area (TPSA) is 165 Å². The summed E-state index contributed by atoms with van der Waals surface area (Å²) in [4.78, 5) is 81.7. The highest BCUT2D eigenvalue weighted by atomic mass is 19.4. The van der Waals surface area contributed by atoms with Gasteiger partial charge in [-0.05, 0) is 49.9 Å². The van der Waals surface area contributed by atoms with Crippen molar-refractivity contribution in [1.82, 2.24) is 9.97 Å². The number of alkyl halides is 6. The molecule has 0 saturated heterocycles. The lowest BCUT2D eigenvalue weighted by atomic mass is 9.75. The summed E-state index contributed by atoms with van der Waals surface area (Å²) in [5, 5.41) is 0. The van der Waals surface area contributed by atoms with E-state index in [4.69, 9.17) is 18.9 Å². The third-order valence-corrected chi connectivity index (χ3v) is 9.22. The van der Waals surface area contributed by atoms with E-state index >= 15 is 0 Å². The average Bonchev–Trinajstić information content (AvgIpc) is 3.58. The van der Waals surface area contributed by atoms with Gasteiger partial charge in [-0.3, -0.25) is 28.8 Å². The molecule has 3 fully saturated rings. The van der Waals surface area contributed by atoms with Gasteiger partial charge in [0.25, 0.3) is 0 Å². The molecule has 2 unspecified atom stereocenters. The van der Waals surface area contributed by atoms with Crippen LogP contribution in [-0.4, -0.2) is 85.3 Å². The van der Waals surface area contributed by atoms with Gasteiger partial charge in [0, 0.05) is 50.0 Å². The molecular formula is C36H38F6N2O10. The van der Waals surface area contributed by atoms with Crippen molar-refractivity contribution in [1.29, 1.82) is 0 Å². The first-order valence-corrected chi connectivity index (χ1v) is 17.0. The molecule has 0 aliphatic heterocycles. The number of halogens is 6. The third-order valence-electron chi connectivity index (χ3n) is 9.22. The van der Waals surface area contributed by atoms with Gasteiger partial charge in [-0.2, -0.15) is 26.3 Å². The van der Waals surface area contributed by atoms with E-state index < -0.39 is 70.3 Å². The number of Topliss-reactive ketones (excluding diaryl/α,β-unsaturated/α-hetero) is 6. The highest BCUT2D eigenvalue weighted by Gasteiger charge is 2.50. The Kier molecular flexibility index (Phi) is 14.5. The Hall–Kier alpha value is -4.26. The number of pyridine rings is 2. The number of fused-ring (bicyclic) bond motifs is 2. The molecule has 54 heavy (non-hydrogen) atoms. The van der Waals surface area contributed by atoms with Crippen LogP contribution in [0, 0.1) is 23.7 Å². The maximum atomic E-state index is 13.0. The van der Waals surface area contributed by atoms with Crippen LogP contribution in [0.1, 0.15) is 82.0 Å². The molecule has 2 bridgehead atoms. The minimum atomic E-state index is -4.70. The molecule has 18 heteroatoms. The molecule has 5 rings (SSSR count). The molecular weight excluding hydrogens is 734 g/mol. The number of ketones is 6. The van der Waals surface area contributed by atoms with Gasteiger partial charge in [0.05, 0.1) is 51.0 Å². The number of nitrogens with zero attached hydrogens (tertiary/aromatic N) is 2. The van der Waals surface area contributed by atoms with Crippen molar-refractivity contribution < 1.29 is 74.1 Å².